The van der Waals surface area contributed by atoms with Crippen LogP contribution in [0.15, 0.2) is 36.0 Å². The molecule has 11 heteroatoms. The van der Waals surface area contributed by atoms with Crippen LogP contribution in [-0.4, -0.2) is 39.0 Å². The summed E-state index contributed by atoms with van der Waals surface area (Å²) in [5.74, 6) is 0.817. The molecule has 3 aromatic rings. The Morgan fingerprint density at radius 1 is 1.35 bits per heavy atom. The van der Waals surface area contributed by atoms with Crippen LogP contribution in [0.1, 0.15) is 58.6 Å². The van der Waals surface area contributed by atoms with Crippen molar-refractivity contribution < 1.29 is 19.1 Å². The SMILES string of the molecule is C=CCn1c(SCC(=O)Nc2sc3c(c2C(=O)OCC)CCC3)nnc1C(C)Oc1ccc(Cl)cc1C. The Bertz CT molecular complexity index is 1320. The first-order valence-electron chi connectivity index (χ1n) is 12.0. The highest BCUT2D eigenvalue weighted by molar-refractivity contribution is 7.99. The van der Waals surface area contributed by atoms with Gasteiger partial charge in [0.2, 0.25) is 5.91 Å². The van der Waals surface area contributed by atoms with Crippen molar-refractivity contribution in [2.45, 2.75) is 57.8 Å². The number of hydrogen-bond acceptors (Lipinski definition) is 8. The van der Waals surface area contributed by atoms with Crippen molar-refractivity contribution in [3.05, 3.63) is 63.3 Å². The molecule has 0 aliphatic heterocycles. The lowest BCUT2D eigenvalue weighted by molar-refractivity contribution is -0.113. The molecule has 0 bridgehead atoms. The molecule has 1 amide bonds. The maximum absolute atomic E-state index is 12.9. The van der Waals surface area contributed by atoms with Gasteiger partial charge in [0.05, 0.1) is 17.9 Å². The average molecular weight is 561 g/mol. The van der Waals surface area contributed by atoms with Crippen LogP contribution in [0.25, 0.3) is 0 Å². The zero-order chi connectivity index (χ0) is 26.5. The minimum atomic E-state index is -0.392. The van der Waals surface area contributed by atoms with Crippen LogP contribution < -0.4 is 10.1 Å². The van der Waals surface area contributed by atoms with E-state index in [9.17, 15) is 9.59 Å². The van der Waals surface area contributed by atoms with Crippen LogP contribution in [0.5, 0.6) is 5.75 Å². The molecule has 4 rings (SSSR count). The highest BCUT2D eigenvalue weighted by Crippen LogP contribution is 2.39. The minimum absolute atomic E-state index is 0.103. The normalized spacial score (nSPS) is 13.2. The molecular weight excluding hydrogens is 532 g/mol. The van der Waals surface area contributed by atoms with E-state index in [0.717, 1.165) is 35.3 Å². The van der Waals surface area contributed by atoms with E-state index in [4.69, 9.17) is 21.1 Å². The van der Waals surface area contributed by atoms with Crippen LogP contribution in [-0.2, 0) is 28.9 Å². The molecule has 0 saturated carbocycles. The van der Waals surface area contributed by atoms with Crippen molar-refractivity contribution in [2.24, 2.45) is 0 Å². The number of hydrogen-bond donors (Lipinski definition) is 1. The highest BCUT2D eigenvalue weighted by atomic mass is 35.5. The summed E-state index contributed by atoms with van der Waals surface area (Å²) in [6, 6.07) is 5.45. The minimum Gasteiger partial charge on any atom is -0.482 e. The fourth-order valence-corrected chi connectivity index (χ4v) is 6.48. The van der Waals surface area contributed by atoms with Crippen LogP contribution in [0.3, 0.4) is 0 Å². The van der Waals surface area contributed by atoms with Gasteiger partial charge in [-0.15, -0.1) is 28.1 Å². The molecule has 2 aromatic heterocycles. The van der Waals surface area contributed by atoms with Gasteiger partial charge < -0.3 is 14.8 Å². The third-order valence-electron chi connectivity index (χ3n) is 5.85. The van der Waals surface area contributed by atoms with Gasteiger partial charge in [0.25, 0.3) is 0 Å². The molecule has 0 radical (unpaired) electrons. The van der Waals surface area contributed by atoms with Gasteiger partial charge in [-0.25, -0.2) is 4.79 Å². The molecule has 2 heterocycles. The van der Waals surface area contributed by atoms with Crippen LogP contribution in [0.2, 0.25) is 5.02 Å². The summed E-state index contributed by atoms with van der Waals surface area (Å²) in [5.41, 5.74) is 2.42. The number of carbonyl (C=O) groups excluding carboxylic acids is 2. The molecule has 1 unspecified atom stereocenters. The van der Waals surface area contributed by atoms with Gasteiger partial charge in [0.1, 0.15) is 10.8 Å². The number of aromatic nitrogens is 3. The van der Waals surface area contributed by atoms with E-state index in [2.05, 4.69) is 22.1 Å². The smallest absolute Gasteiger partial charge is 0.341 e. The van der Waals surface area contributed by atoms with Gasteiger partial charge in [-0.05, 0) is 69.4 Å². The predicted molar refractivity (Wildman–Crippen MR) is 147 cm³/mol. The van der Waals surface area contributed by atoms with E-state index < -0.39 is 6.10 Å². The zero-order valence-electron chi connectivity index (χ0n) is 21.0. The molecule has 1 aromatic carbocycles. The summed E-state index contributed by atoms with van der Waals surface area (Å²) in [4.78, 5) is 26.6. The van der Waals surface area contributed by atoms with E-state index in [-0.39, 0.29) is 24.2 Å². The van der Waals surface area contributed by atoms with Crippen molar-refractivity contribution in [3.8, 4) is 5.75 Å². The highest BCUT2D eigenvalue weighted by Gasteiger charge is 2.28. The molecule has 1 aliphatic carbocycles. The van der Waals surface area contributed by atoms with Gasteiger partial charge >= 0.3 is 5.97 Å². The first-order chi connectivity index (χ1) is 17.8. The molecule has 1 aliphatic rings. The zero-order valence-corrected chi connectivity index (χ0v) is 23.4. The Balaban J connectivity index is 1.45. The quantitative estimate of drug-likeness (QED) is 0.174. The largest absolute Gasteiger partial charge is 0.482 e. The first-order valence-corrected chi connectivity index (χ1v) is 14.2. The number of carbonyl (C=O) groups is 2. The van der Waals surface area contributed by atoms with E-state index in [0.29, 0.717) is 38.9 Å². The Kier molecular flexibility index (Phi) is 8.94. The molecule has 8 nitrogen and oxygen atoms in total. The van der Waals surface area contributed by atoms with E-state index in [1.807, 2.05) is 30.5 Å². The number of aryl methyl sites for hydroxylation is 2. The molecule has 196 valence electrons. The molecule has 0 saturated heterocycles. The number of thiophene rings is 1. The molecule has 0 spiro atoms. The summed E-state index contributed by atoms with van der Waals surface area (Å²) in [7, 11) is 0. The number of halogens is 1. The van der Waals surface area contributed by atoms with Crippen LogP contribution in [0.4, 0.5) is 5.00 Å². The summed E-state index contributed by atoms with van der Waals surface area (Å²) in [6.07, 6.45) is 4.11. The fraction of sp³-hybridized carbons (Fsp3) is 0.385. The topological polar surface area (TPSA) is 95.3 Å². The predicted octanol–water partition coefficient (Wildman–Crippen LogP) is 6.02. The van der Waals surface area contributed by atoms with Gasteiger partial charge in [-0.2, -0.15) is 0 Å². The maximum Gasteiger partial charge on any atom is 0.341 e. The molecule has 37 heavy (non-hydrogen) atoms. The Labute approximate surface area is 229 Å². The van der Waals surface area contributed by atoms with E-state index in [1.165, 1.54) is 23.1 Å². The Hall–Kier alpha value is -2.82. The third kappa shape index (κ3) is 6.19. The monoisotopic (exact) mass is 560 g/mol. The Morgan fingerprint density at radius 2 is 2.16 bits per heavy atom. The van der Waals surface area contributed by atoms with E-state index in [1.54, 1.807) is 19.1 Å². The second kappa shape index (κ2) is 12.1. The van der Waals surface area contributed by atoms with Crippen molar-refractivity contribution >= 4 is 51.6 Å². The second-order valence-corrected chi connectivity index (χ2v) is 11.0. The average Bonchev–Trinajstić information content (AvgIpc) is 3.54. The number of anilines is 1. The number of fused-ring (bicyclic) bond motifs is 1. The summed E-state index contributed by atoms with van der Waals surface area (Å²) >= 11 is 8.78. The number of allylic oxidation sites excluding steroid dienone is 1. The van der Waals surface area contributed by atoms with Gasteiger partial charge in [-0.1, -0.05) is 29.4 Å². The van der Waals surface area contributed by atoms with Crippen LogP contribution in [0, 0.1) is 6.92 Å². The lowest BCUT2D eigenvalue weighted by Gasteiger charge is -2.17. The summed E-state index contributed by atoms with van der Waals surface area (Å²) in [6.45, 7) is 10.2. The molecule has 1 atom stereocenters. The molecule has 0 fully saturated rings. The number of nitrogens with zero attached hydrogens (tertiary/aromatic N) is 3. The van der Waals surface area contributed by atoms with Crippen LogP contribution >= 0.6 is 34.7 Å². The number of amides is 1. The number of esters is 1. The lowest BCUT2D eigenvalue weighted by atomic mass is 10.1. The van der Waals surface area contributed by atoms with Crippen molar-refractivity contribution in [3.63, 3.8) is 0 Å². The molecule has 1 N–H and O–H groups in total. The summed E-state index contributed by atoms with van der Waals surface area (Å²) < 4.78 is 13.3. The molecular formula is C26H29ClN4O4S2. The number of ether oxygens (including phenoxy) is 2. The van der Waals surface area contributed by atoms with Crippen molar-refractivity contribution in [1.82, 2.24) is 14.8 Å². The fourth-order valence-electron chi connectivity index (χ4n) is 4.20. The third-order valence-corrected chi connectivity index (χ3v) is 8.26. The number of nitrogens with one attached hydrogen (secondary N) is 1. The standard InChI is InChI=1S/C26H29ClN4O4S2/c1-5-12-31-23(16(4)35-19-11-10-17(27)13-15(19)3)29-30-26(31)36-14-21(32)28-24-22(25(33)34-6-2)18-8-7-9-20(18)37-24/h5,10-11,13,16H,1,6-9,12,14H2,2-4H3,(H,28,32). The maximum atomic E-state index is 12.9. The van der Waals surface area contributed by atoms with Gasteiger partial charge in [0.15, 0.2) is 17.1 Å². The summed E-state index contributed by atoms with van der Waals surface area (Å²) in [5, 5.41) is 13.3. The van der Waals surface area contributed by atoms with E-state index >= 15 is 0 Å². The number of thioether (sulfide) groups is 1. The number of rotatable bonds is 11. The van der Waals surface area contributed by atoms with Gasteiger partial charge in [0, 0.05) is 16.4 Å². The Morgan fingerprint density at radius 3 is 2.89 bits per heavy atom. The lowest BCUT2D eigenvalue weighted by Crippen LogP contribution is -2.17. The first kappa shape index (κ1) is 27.2. The number of benzene rings is 1. The second-order valence-electron chi connectivity index (χ2n) is 8.53. The van der Waals surface area contributed by atoms with Crippen molar-refractivity contribution in [1.29, 1.82) is 0 Å². The van der Waals surface area contributed by atoms with Gasteiger partial charge in [-0.3, -0.25) is 9.36 Å². The van der Waals surface area contributed by atoms with Crippen molar-refractivity contribution in [2.75, 3.05) is 17.7 Å².